The molecule has 0 bridgehead atoms. The number of rotatable bonds is 3. The Hall–Kier alpha value is -1.67. The van der Waals surface area contributed by atoms with Gasteiger partial charge in [-0.1, -0.05) is 35.9 Å². The van der Waals surface area contributed by atoms with Gasteiger partial charge in [0.1, 0.15) is 0 Å². The lowest BCUT2D eigenvalue weighted by atomic mass is 10.2. The minimum atomic E-state index is -3.46. The van der Waals surface area contributed by atoms with Gasteiger partial charge >= 0.3 is 0 Å². The van der Waals surface area contributed by atoms with Crippen molar-refractivity contribution in [3.8, 4) is 0 Å². The monoisotopic (exact) mass is 409 g/mol. The number of nitrogens with one attached hydrogen (secondary N) is 1. The number of benzene rings is 2. The molecule has 1 fully saturated rings. The number of piperazine rings is 1. The van der Waals surface area contributed by atoms with Crippen LogP contribution in [0.1, 0.15) is 5.56 Å². The van der Waals surface area contributed by atoms with Crippen molar-refractivity contribution in [1.29, 1.82) is 0 Å². The molecule has 0 unspecified atom stereocenters. The minimum absolute atomic E-state index is 0.323. The third-order valence-corrected chi connectivity index (χ3v) is 7.10. The zero-order valence-corrected chi connectivity index (χ0v) is 16.7. The highest BCUT2D eigenvalue weighted by atomic mass is 35.5. The molecule has 0 spiro atoms. The summed E-state index contributed by atoms with van der Waals surface area (Å²) >= 11 is 11.6. The number of hydrogen-bond donors (Lipinski definition) is 1. The van der Waals surface area contributed by atoms with Crippen LogP contribution in [-0.2, 0) is 10.0 Å². The van der Waals surface area contributed by atoms with Gasteiger partial charge in [-0.05, 0) is 49.0 Å². The zero-order chi connectivity index (χ0) is 18.7. The standard InChI is InChI=1S/C18H20ClN3O2S2/c1-14-16(19)8-5-9-17(14)20-18(25)21-10-12-22(13-11-21)26(23,24)15-6-3-2-4-7-15/h2-9H,10-13H2,1H3,(H,20,25). The van der Waals surface area contributed by atoms with Gasteiger partial charge in [-0.3, -0.25) is 0 Å². The molecule has 1 N–H and O–H groups in total. The maximum Gasteiger partial charge on any atom is 0.243 e. The fraction of sp³-hybridized carbons (Fsp3) is 0.278. The SMILES string of the molecule is Cc1c(Cl)cccc1NC(=S)N1CCN(S(=O)(=O)c2ccccc2)CC1. The number of halogens is 1. The molecule has 0 atom stereocenters. The predicted molar refractivity (Wildman–Crippen MR) is 109 cm³/mol. The van der Waals surface area contributed by atoms with Gasteiger partial charge in [-0.2, -0.15) is 4.31 Å². The summed E-state index contributed by atoms with van der Waals surface area (Å²) in [6.45, 7) is 3.80. The van der Waals surface area contributed by atoms with E-state index in [-0.39, 0.29) is 0 Å². The van der Waals surface area contributed by atoms with E-state index < -0.39 is 10.0 Å². The Kier molecular flexibility index (Phi) is 5.82. The molecule has 1 heterocycles. The van der Waals surface area contributed by atoms with E-state index in [9.17, 15) is 8.42 Å². The summed E-state index contributed by atoms with van der Waals surface area (Å²) in [5.41, 5.74) is 1.80. The minimum Gasteiger partial charge on any atom is -0.346 e. The average molecular weight is 410 g/mol. The van der Waals surface area contributed by atoms with Gasteiger partial charge in [-0.15, -0.1) is 0 Å². The van der Waals surface area contributed by atoms with Crippen molar-refractivity contribution in [2.75, 3.05) is 31.5 Å². The number of hydrogen-bond acceptors (Lipinski definition) is 3. The molecule has 3 rings (SSSR count). The van der Waals surface area contributed by atoms with Crippen LogP contribution in [0.25, 0.3) is 0 Å². The normalized spacial score (nSPS) is 15.7. The van der Waals surface area contributed by atoms with Gasteiger partial charge in [0.15, 0.2) is 5.11 Å². The van der Waals surface area contributed by atoms with Gasteiger partial charge in [0.2, 0.25) is 10.0 Å². The third-order valence-electron chi connectivity index (χ3n) is 4.42. The quantitative estimate of drug-likeness (QED) is 0.788. The summed E-state index contributed by atoms with van der Waals surface area (Å²) in [5.74, 6) is 0. The smallest absolute Gasteiger partial charge is 0.243 e. The molecule has 0 aliphatic carbocycles. The van der Waals surface area contributed by atoms with Crippen LogP contribution in [0.2, 0.25) is 5.02 Å². The Morgan fingerprint density at radius 3 is 2.35 bits per heavy atom. The Morgan fingerprint density at radius 2 is 1.69 bits per heavy atom. The molecule has 0 aromatic heterocycles. The maximum atomic E-state index is 12.7. The Labute approximate surface area is 164 Å². The fourth-order valence-corrected chi connectivity index (χ4v) is 4.72. The van der Waals surface area contributed by atoms with Gasteiger partial charge in [-0.25, -0.2) is 8.42 Å². The lowest BCUT2D eigenvalue weighted by Gasteiger charge is -2.35. The molecule has 8 heteroatoms. The van der Waals surface area contributed by atoms with Gasteiger partial charge in [0, 0.05) is 36.9 Å². The summed E-state index contributed by atoms with van der Waals surface area (Å²) in [4.78, 5) is 2.30. The number of nitrogens with zero attached hydrogens (tertiary/aromatic N) is 2. The van der Waals surface area contributed by atoms with Crippen LogP contribution >= 0.6 is 23.8 Å². The van der Waals surface area contributed by atoms with Crippen molar-refractivity contribution < 1.29 is 8.42 Å². The first-order valence-electron chi connectivity index (χ1n) is 8.26. The van der Waals surface area contributed by atoms with Gasteiger partial charge < -0.3 is 10.2 Å². The second kappa shape index (κ2) is 7.92. The van der Waals surface area contributed by atoms with Crippen LogP contribution in [0.4, 0.5) is 5.69 Å². The Bertz CT molecular complexity index is 896. The van der Waals surface area contributed by atoms with Crippen molar-refractivity contribution in [2.24, 2.45) is 0 Å². The van der Waals surface area contributed by atoms with E-state index in [1.165, 1.54) is 4.31 Å². The molecule has 0 saturated carbocycles. The fourth-order valence-electron chi connectivity index (χ4n) is 2.81. The van der Waals surface area contributed by atoms with Crippen LogP contribution in [0, 0.1) is 6.92 Å². The van der Waals surface area contributed by atoms with Crippen LogP contribution in [0.15, 0.2) is 53.4 Å². The largest absolute Gasteiger partial charge is 0.346 e. The van der Waals surface area contributed by atoms with E-state index >= 15 is 0 Å². The van der Waals surface area contributed by atoms with E-state index in [0.717, 1.165) is 11.3 Å². The van der Waals surface area contributed by atoms with Crippen molar-refractivity contribution in [3.63, 3.8) is 0 Å². The number of anilines is 1. The molecule has 138 valence electrons. The maximum absolute atomic E-state index is 12.7. The van der Waals surface area contributed by atoms with Crippen LogP contribution in [-0.4, -0.2) is 48.9 Å². The van der Waals surface area contributed by atoms with Crippen LogP contribution < -0.4 is 5.32 Å². The molecule has 5 nitrogen and oxygen atoms in total. The second-order valence-electron chi connectivity index (χ2n) is 6.05. The van der Waals surface area contributed by atoms with E-state index in [0.29, 0.717) is 41.2 Å². The second-order valence-corrected chi connectivity index (χ2v) is 8.78. The molecular formula is C18H20ClN3O2S2. The first kappa shape index (κ1) is 19.1. The molecule has 1 saturated heterocycles. The lowest BCUT2D eigenvalue weighted by Crippen LogP contribution is -2.51. The highest BCUT2D eigenvalue weighted by Crippen LogP contribution is 2.24. The Morgan fingerprint density at radius 1 is 1.04 bits per heavy atom. The molecule has 1 aliphatic rings. The molecule has 26 heavy (non-hydrogen) atoms. The first-order valence-corrected chi connectivity index (χ1v) is 10.5. The zero-order valence-electron chi connectivity index (χ0n) is 14.4. The van der Waals surface area contributed by atoms with Crippen molar-refractivity contribution in [1.82, 2.24) is 9.21 Å². The topological polar surface area (TPSA) is 52.6 Å². The summed E-state index contributed by atoms with van der Waals surface area (Å²) in [5, 5.41) is 4.46. The van der Waals surface area contributed by atoms with Gasteiger partial charge in [0.05, 0.1) is 4.90 Å². The lowest BCUT2D eigenvalue weighted by molar-refractivity contribution is 0.268. The van der Waals surface area contributed by atoms with Gasteiger partial charge in [0.25, 0.3) is 0 Å². The summed E-state index contributed by atoms with van der Waals surface area (Å²) < 4.78 is 26.9. The van der Waals surface area contributed by atoms with Crippen LogP contribution in [0.5, 0.6) is 0 Å². The first-order chi connectivity index (χ1) is 12.4. The average Bonchev–Trinajstić information content (AvgIpc) is 2.66. The highest BCUT2D eigenvalue weighted by molar-refractivity contribution is 7.89. The Balaban J connectivity index is 1.63. The van der Waals surface area contributed by atoms with Crippen molar-refractivity contribution >= 4 is 44.6 Å². The summed E-state index contributed by atoms with van der Waals surface area (Å²) in [7, 11) is -3.46. The van der Waals surface area contributed by atoms with Crippen molar-refractivity contribution in [3.05, 3.63) is 59.1 Å². The van der Waals surface area contributed by atoms with E-state index in [1.54, 1.807) is 30.3 Å². The molecule has 2 aromatic rings. The molecule has 0 amide bonds. The number of thiocarbonyl (C=S) groups is 1. The van der Waals surface area contributed by atoms with E-state index in [1.807, 2.05) is 30.0 Å². The molecule has 2 aromatic carbocycles. The predicted octanol–water partition coefficient (Wildman–Crippen LogP) is 3.35. The molecule has 0 radical (unpaired) electrons. The van der Waals surface area contributed by atoms with E-state index in [4.69, 9.17) is 23.8 Å². The van der Waals surface area contributed by atoms with E-state index in [2.05, 4.69) is 5.32 Å². The summed E-state index contributed by atoms with van der Waals surface area (Å²) in [6, 6.07) is 14.1. The molecule has 1 aliphatic heterocycles. The van der Waals surface area contributed by atoms with Crippen molar-refractivity contribution in [2.45, 2.75) is 11.8 Å². The highest BCUT2D eigenvalue weighted by Gasteiger charge is 2.29. The third kappa shape index (κ3) is 4.01. The summed E-state index contributed by atoms with van der Waals surface area (Å²) in [6.07, 6.45) is 0. The number of sulfonamides is 1. The van der Waals surface area contributed by atoms with Crippen LogP contribution in [0.3, 0.4) is 0 Å². The molecular weight excluding hydrogens is 390 g/mol.